The maximum Gasteiger partial charge on any atom is 0.342 e. The molecule has 2 aliphatic heterocycles. The molecule has 10 heteroatoms. The first-order valence-electron chi connectivity index (χ1n) is 12.2. The number of carbonyl (C=O) groups is 2. The minimum atomic E-state index is -0.700. The van der Waals surface area contributed by atoms with E-state index in [1.54, 1.807) is 45.2 Å². The molecule has 0 bridgehead atoms. The zero-order valence-corrected chi connectivity index (χ0v) is 21.8. The number of nitrogens with zero attached hydrogens (tertiary/aromatic N) is 3. The molecule has 36 heavy (non-hydrogen) atoms. The molecule has 0 spiro atoms. The second-order valence-corrected chi connectivity index (χ2v) is 9.73. The third kappa shape index (κ3) is 6.70. The first-order chi connectivity index (χ1) is 17.2. The lowest BCUT2D eigenvalue weighted by atomic mass is 9.87. The van der Waals surface area contributed by atoms with Crippen LogP contribution in [0.3, 0.4) is 0 Å². The molecule has 1 aromatic carbocycles. The van der Waals surface area contributed by atoms with Crippen molar-refractivity contribution in [1.29, 1.82) is 5.53 Å². The van der Waals surface area contributed by atoms with E-state index in [-0.39, 0.29) is 24.1 Å². The lowest BCUT2D eigenvalue weighted by molar-refractivity contribution is -0.142. The van der Waals surface area contributed by atoms with E-state index in [1.165, 1.54) is 11.1 Å². The summed E-state index contributed by atoms with van der Waals surface area (Å²) in [6.07, 6.45) is 1.15. The normalized spacial score (nSPS) is 18.4. The fourth-order valence-electron chi connectivity index (χ4n) is 4.23. The molecule has 196 valence electrons. The largest absolute Gasteiger partial charge is 0.492 e. The Morgan fingerprint density at radius 2 is 1.86 bits per heavy atom. The van der Waals surface area contributed by atoms with Crippen molar-refractivity contribution >= 4 is 11.9 Å². The lowest BCUT2D eigenvalue weighted by Crippen LogP contribution is -2.38. The molecular weight excluding hydrogens is 462 g/mol. The van der Waals surface area contributed by atoms with E-state index in [2.05, 4.69) is 15.3 Å². The quantitative estimate of drug-likeness (QED) is 0.396. The van der Waals surface area contributed by atoms with Crippen molar-refractivity contribution in [1.82, 2.24) is 15.1 Å². The molecule has 2 aliphatic rings. The van der Waals surface area contributed by atoms with E-state index >= 15 is 0 Å². The first kappa shape index (κ1) is 27.3. The number of morpholine rings is 1. The van der Waals surface area contributed by atoms with Crippen LogP contribution in [0.1, 0.15) is 38.1 Å². The summed E-state index contributed by atoms with van der Waals surface area (Å²) in [6.45, 7) is 12.2. The third-order valence-electron chi connectivity index (χ3n) is 6.06. The van der Waals surface area contributed by atoms with Gasteiger partial charge in [-0.25, -0.2) is 10.3 Å². The molecule has 10 nitrogen and oxygen atoms in total. The number of rotatable bonds is 9. The summed E-state index contributed by atoms with van der Waals surface area (Å²) in [7, 11) is 1.66. The smallest absolute Gasteiger partial charge is 0.342 e. The van der Waals surface area contributed by atoms with Gasteiger partial charge in [-0.1, -0.05) is 13.8 Å². The van der Waals surface area contributed by atoms with Crippen molar-refractivity contribution in [2.24, 2.45) is 10.5 Å². The van der Waals surface area contributed by atoms with Gasteiger partial charge in [0.05, 0.1) is 30.7 Å². The van der Waals surface area contributed by atoms with Crippen molar-refractivity contribution in [2.45, 2.75) is 33.8 Å². The Bertz CT molecular complexity index is 1010. The number of benzene rings is 1. The molecule has 0 radical (unpaired) electrons. The number of likely N-dealkylation sites (N-methyl/N-ethyl adjacent to an activating group) is 1. The topological polar surface area (TPSA) is 117 Å². The summed E-state index contributed by atoms with van der Waals surface area (Å²) in [6, 6.07) is 6.98. The van der Waals surface area contributed by atoms with E-state index in [9.17, 15) is 9.59 Å². The summed E-state index contributed by atoms with van der Waals surface area (Å²) < 4.78 is 16.6. The minimum Gasteiger partial charge on any atom is -0.492 e. The van der Waals surface area contributed by atoms with Crippen molar-refractivity contribution in [3.8, 4) is 5.75 Å². The fraction of sp³-hybridized carbons (Fsp3) is 0.538. The average Bonchev–Trinajstić information content (AvgIpc) is 2.97. The van der Waals surface area contributed by atoms with Crippen LogP contribution in [0.4, 0.5) is 0 Å². The van der Waals surface area contributed by atoms with Crippen LogP contribution in [0.25, 0.3) is 0 Å². The fourth-order valence-corrected chi connectivity index (χ4v) is 4.23. The van der Waals surface area contributed by atoms with Gasteiger partial charge >= 0.3 is 5.97 Å². The predicted molar refractivity (Wildman–Crippen MR) is 135 cm³/mol. The second kappa shape index (κ2) is 12.1. The highest BCUT2D eigenvalue weighted by Crippen LogP contribution is 2.36. The van der Waals surface area contributed by atoms with Crippen LogP contribution in [-0.2, 0) is 14.3 Å². The zero-order valence-electron chi connectivity index (χ0n) is 21.8. The highest BCUT2D eigenvalue weighted by atomic mass is 16.5. The predicted octanol–water partition coefficient (Wildman–Crippen LogP) is 3.18. The molecule has 1 amide bonds. The molecule has 1 aromatic rings. The number of carbonyl (C=O) groups excluding carboxylic acids is 2. The number of ether oxygens (including phenoxy) is 3. The van der Waals surface area contributed by atoms with Crippen LogP contribution in [0.5, 0.6) is 5.75 Å². The lowest BCUT2D eigenvalue weighted by Gasteiger charge is -2.29. The summed E-state index contributed by atoms with van der Waals surface area (Å²) >= 11 is 0. The van der Waals surface area contributed by atoms with Gasteiger partial charge in [0.1, 0.15) is 17.9 Å². The van der Waals surface area contributed by atoms with Crippen LogP contribution in [0.15, 0.2) is 52.5 Å². The first-order valence-corrected chi connectivity index (χ1v) is 12.2. The second-order valence-electron chi connectivity index (χ2n) is 9.73. The SMILES string of the molecule is CNC1=C(N=N)C(C)(C)CN(C(=O)c2ccc(OCCN3CCOCC3)cc2)C=C1C(=O)OC(C)C. The van der Waals surface area contributed by atoms with Gasteiger partial charge in [-0.15, -0.1) is 0 Å². The van der Waals surface area contributed by atoms with Gasteiger partial charge in [-0.3, -0.25) is 9.69 Å². The molecule has 0 aliphatic carbocycles. The van der Waals surface area contributed by atoms with Crippen LogP contribution in [-0.4, -0.2) is 80.8 Å². The molecule has 2 heterocycles. The van der Waals surface area contributed by atoms with Crippen molar-refractivity contribution in [3.05, 3.63) is 53.0 Å². The molecule has 0 aromatic heterocycles. The molecule has 3 rings (SSSR count). The van der Waals surface area contributed by atoms with Crippen LogP contribution < -0.4 is 10.1 Å². The van der Waals surface area contributed by atoms with Gasteiger partial charge in [0.2, 0.25) is 0 Å². The van der Waals surface area contributed by atoms with E-state index in [0.717, 1.165) is 32.8 Å². The Kier molecular flexibility index (Phi) is 9.22. The average molecular weight is 500 g/mol. The summed E-state index contributed by atoms with van der Waals surface area (Å²) in [4.78, 5) is 30.2. The molecule has 0 atom stereocenters. The maximum absolute atomic E-state index is 13.5. The minimum absolute atomic E-state index is 0.152. The van der Waals surface area contributed by atoms with Gasteiger partial charge in [0.15, 0.2) is 0 Å². The van der Waals surface area contributed by atoms with Crippen molar-refractivity contribution < 1.29 is 23.8 Å². The standard InChI is InChI=1S/C26H37N5O5/c1-18(2)36-25(33)21-16-31(17-26(3,4)23(29-27)22(21)28-5)24(32)19-6-8-20(9-7-19)35-15-12-30-10-13-34-14-11-30/h6-9,16,18,27-28H,10-15,17H2,1-5H3. The monoisotopic (exact) mass is 499 g/mol. The van der Waals surface area contributed by atoms with Gasteiger partial charge in [-0.2, -0.15) is 5.11 Å². The molecular formula is C26H37N5O5. The highest BCUT2D eigenvalue weighted by molar-refractivity contribution is 5.98. The van der Waals surface area contributed by atoms with Crippen molar-refractivity contribution in [3.63, 3.8) is 0 Å². The van der Waals surface area contributed by atoms with Gasteiger partial charge in [0.25, 0.3) is 5.91 Å². The number of amides is 1. The Morgan fingerprint density at radius 3 is 2.44 bits per heavy atom. The van der Waals surface area contributed by atoms with E-state index in [0.29, 0.717) is 29.3 Å². The Morgan fingerprint density at radius 1 is 1.19 bits per heavy atom. The molecule has 1 saturated heterocycles. The van der Waals surface area contributed by atoms with Gasteiger partial charge in [-0.05, 0) is 38.1 Å². The van der Waals surface area contributed by atoms with Crippen LogP contribution in [0, 0.1) is 10.9 Å². The molecule has 0 unspecified atom stereocenters. The molecule has 1 fully saturated rings. The molecule has 2 N–H and O–H groups in total. The number of hydrogen-bond acceptors (Lipinski definition) is 9. The zero-order chi connectivity index (χ0) is 26.3. The van der Waals surface area contributed by atoms with Crippen LogP contribution >= 0.6 is 0 Å². The van der Waals surface area contributed by atoms with Crippen molar-refractivity contribution in [2.75, 3.05) is 53.0 Å². The van der Waals surface area contributed by atoms with Gasteiger partial charge in [0, 0.05) is 50.4 Å². The van der Waals surface area contributed by atoms with Crippen LogP contribution in [0.2, 0.25) is 0 Å². The number of nitrogens with one attached hydrogen (secondary N) is 2. The number of esters is 1. The third-order valence-corrected chi connectivity index (χ3v) is 6.06. The summed E-state index contributed by atoms with van der Waals surface area (Å²) in [5, 5.41) is 6.70. The highest BCUT2D eigenvalue weighted by Gasteiger charge is 2.37. The Hall–Kier alpha value is -3.24. The van der Waals surface area contributed by atoms with E-state index < -0.39 is 11.4 Å². The maximum atomic E-state index is 13.5. The molecule has 0 saturated carbocycles. The Labute approximate surface area is 212 Å². The van der Waals surface area contributed by atoms with E-state index in [4.69, 9.17) is 19.7 Å². The number of hydrogen-bond donors (Lipinski definition) is 2. The van der Waals surface area contributed by atoms with Gasteiger partial charge < -0.3 is 24.4 Å². The Balaban J connectivity index is 1.79. The summed E-state index contributed by atoms with van der Waals surface area (Å²) in [5.74, 6) is -0.184. The summed E-state index contributed by atoms with van der Waals surface area (Å²) in [5.41, 5.74) is 8.41. The van der Waals surface area contributed by atoms with E-state index in [1.807, 2.05) is 13.8 Å².